The van der Waals surface area contributed by atoms with Crippen molar-refractivity contribution in [3.05, 3.63) is 41.8 Å². The Balaban J connectivity index is 2.25. The van der Waals surface area contributed by atoms with Crippen LogP contribution in [0.25, 0.3) is 22.2 Å². The van der Waals surface area contributed by atoms with Crippen LogP contribution >= 0.6 is 0 Å². The van der Waals surface area contributed by atoms with Gasteiger partial charge in [0.05, 0.1) is 22.9 Å². The molecule has 96 valence electrons. The molecule has 0 unspecified atom stereocenters. The Kier molecular flexibility index (Phi) is 2.34. The quantitative estimate of drug-likeness (QED) is 0.745. The van der Waals surface area contributed by atoms with Crippen LogP contribution in [0.2, 0.25) is 0 Å². The van der Waals surface area contributed by atoms with Crippen LogP contribution in [-0.4, -0.2) is 21.3 Å². The van der Waals surface area contributed by atoms with Gasteiger partial charge in [0.15, 0.2) is 0 Å². The van der Waals surface area contributed by atoms with Crippen LogP contribution in [0, 0.1) is 11.6 Å². The van der Waals surface area contributed by atoms with Crippen molar-refractivity contribution in [2.24, 2.45) is 0 Å². The maximum atomic E-state index is 14.2. The normalized spacial score (nSPS) is 11.1. The van der Waals surface area contributed by atoms with Crippen molar-refractivity contribution in [2.45, 2.75) is 0 Å². The van der Waals surface area contributed by atoms with Crippen LogP contribution in [-0.2, 0) is 0 Å². The zero-order valence-corrected chi connectivity index (χ0v) is 9.28. The number of fused-ring (bicyclic) bond motifs is 1. The Morgan fingerprint density at radius 2 is 2.16 bits per heavy atom. The molecule has 2 aromatic heterocycles. The van der Waals surface area contributed by atoms with Gasteiger partial charge in [-0.3, -0.25) is 5.10 Å². The molecule has 0 spiro atoms. The first kappa shape index (κ1) is 11.4. The van der Waals surface area contributed by atoms with E-state index in [0.717, 1.165) is 12.1 Å². The molecule has 3 aromatic rings. The minimum Gasteiger partial charge on any atom is -0.477 e. The number of rotatable bonds is 2. The number of aromatic carboxylic acids is 1. The number of nitrogens with zero attached hydrogens (tertiary/aromatic N) is 1. The maximum absolute atomic E-state index is 14.2. The minimum absolute atomic E-state index is 0.0766. The van der Waals surface area contributed by atoms with Crippen molar-refractivity contribution in [3.63, 3.8) is 0 Å². The number of furan rings is 1. The fourth-order valence-corrected chi connectivity index (χ4v) is 1.83. The van der Waals surface area contributed by atoms with Gasteiger partial charge < -0.3 is 9.52 Å². The smallest absolute Gasteiger partial charge is 0.353 e. The molecule has 0 amide bonds. The van der Waals surface area contributed by atoms with E-state index in [1.807, 2.05) is 0 Å². The molecule has 1 aromatic carbocycles. The summed E-state index contributed by atoms with van der Waals surface area (Å²) in [5.41, 5.74) is -0.679. The lowest BCUT2D eigenvalue weighted by Gasteiger charge is -2.02. The van der Waals surface area contributed by atoms with Crippen molar-refractivity contribution in [1.29, 1.82) is 0 Å². The third kappa shape index (κ3) is 1.67. The van der Waals surface area contributed by atoms with Crippen LogP contribution in [0.1, 0.15) is 10.5 Å². The molecule has 0 atom stereocenters. The lowest BCUT2D eigenvalue weighted by atomic mass is 10.1. The Bertz CT molecular complexity index is 791. The minimum atomic E-state index is -1.26. The Morgan fingerprint density at radius 1 is 1.37 bits per heavy atom. The number of halogens is 2. The van der Waals surface area contributed by atoms with E-state index in [-0.39, 0.29) is 22.4 Å². The summed E-state index contributed by atoms with van der Waals surface area (Å²) in [6.07, 6.45) is 1.24. The molecule has 2 heterocycles. The molecule has 0 aliphatic heterocycles. The molecular formula is C12H6F2N2O3. The van der Waals surface area contributed by atoms with Gasteiger partial charge in [0.1, 0.15) is 22.9 Å². The summed E-state index contributed by atoms with van der Waals surface area (Å²) < 4.78 is 32.9. The van der Waals surface area contributed by atoms with Gasteiger partial charge in [-0.25, -0.2) is 13.6 Å². The second-order valence-corrected chi connectivity index (χ2v) is 3.85. The third-order valence-electron chi connectivity index (χ3n) is 2.71. The predicted molar refractivity (Wildman–Crippen MR) is 60.7 cm³/mol. The van der Waals surface area contributed by atoms with Crippen LogP contribution in [0.4, 0.5) is 8.78 Å². The average Bonchev–Trinajstić information content (AvgIpc) is 2.97. The van der Waals surface area contributed by atoms with Gasteiger partial charge in [0, 0.05) is 6.07 Å². The highest BCUT2D eigenvalue weighted by molar-refractivity contribution is 5.88. The number of H-pyrrole nitrogens is 1. The zero-order valence-electron chi connectivity index (χ0n) is 9.28. The van der Waals surface area contributed by atoms with Crippen molar-refractivity contribution in [3.8, 4) is 11.3 Å². The molecule has 0 saturated heterocycles. The topological polar surface area (TPSA) is 79.1 Å². The molecule has 5 nitrogen and oxygen atoms in total. The van der Waals surface area contributed by atoms with E-state index in [1.54, 1.807) is 0 Å². The van der Waals surface area contributed by atoms with E-state index in [4.69, 9.17) is 9.52 Å². The van der Waals surface area contributed by atoms with Gasteiger partial charge in [0.25, 0.3) is 0 Å². The fourth-order valence-electron chi connectivity index (χ4n) is 1.83. The van der Waals surface area contributed by atoms with Gasteiger partial charge >= 0.3 is 5.97 Å². The van der Waals surface area contributed by atoms with Gasteiger partial charge in [-0.15, -0.1) is 0 Å². The van der Waals surface area contributed by atoms with Crippen molar-refractivity contribution in [2.75, 3.05) is 0 Å². The van der Waals surface area contributed by atoms with E-state index in [2.05, 4.69) is 10.2 Å². The average molecular weight is 264 g/mol. The SMILES string of the molecule is O=C(O)c1cc(-c2c(F)cc3occc3c2F)n[nH]1. The highest BCUT2D eigenvalue weighted by atomic mass is 19.1. The molecule has 0 radical (unpaired) electrons. The van der Waals surface area contributed by atoms with E-state index >= 15 is 0 Å². The number of aromatic amines is 1. The van der Waals surface area contributed by atoms with Crippen molar-refractivity contribution in [1.82, 2.24) is 10.2 Å². The summed E-state index contributed by atoms with van der Waals surface area (Å²) in [6, 6.07) is 3.46. The Morgan fingerprint density at radius 3 is 2.84 bits per heavy atom. The summed E-state index contributed by atoms with van der Waals surface area (Å²) >= 11 is 0. The highest BCUT2D eigenvalue weighted by Crippen LogP contribution is 2.31. The summed E-state index contributed by atoms with van der Waals surface area (Å²) in [5.74, 6) is -2.97. The summed E-state index contributed by atoms with van der Waals surface area (Å²) in [7, 11) is 0. The number of hydrogen-bond donors (Lipinski definition) is 2. The van der Waals surface area contributed by atoms with Gasteiger partial charge in [-0.05, 0) is 12.1 Å². The van der Waals surface area contributed by atoms with E-state index in [0.29, 0.717) is 0 Å². The monoisotopic (exact) mass is 264 g/mol. The zero-order chi connectivity index (χ0) is 13.6. The maximum Gasteiger partial charge on any atom is 0.353 e. The molecule has 7 heteroatoms. The molecule has 3 rings (SSSR count). The summed E-state index contributed by atoms with van der Waals surface area (Å²) in [6.45, 7) is 0. The molecule has 2 N–H and O–H groups in total. The molecule has 0 bridgehead atoms. The Hall–Kier alpha value is -2.70. The first-order valence-corrected chi connectivity index (χ1v) is 5.22. The van der Waals surface area contributed by atoms with Gasteiger partial charge in [-0.1, -0.05) is 0 Å². The van der Waals surface area contributed by atoms with E-state index in [9.17, 15) is 13.6 Å². The fraction of sp³-hybridized carbons (Fsp3) is 0. The van der Waals surface area contributed by atoms with Crippen LogP contribution in [0.15, 0.2) is 28.9 Å². The first-order chi connectivity index (χ1) is 9.08. The second-order valence-electron chi connectivity index (χ2n) is 3.85. The van der Waals surface area contributed by atoms with Crippen LogP contribution in [0.5, 0.6) is 0 Å². The number of nitrogens with one attached hydrogen (secondary N) is 1. The lowest BCUT2D eigenvalue weighted by molar-refractivity contribution is 0.0690. The van der Waals surface area contributed by atoms with Crippen molar-refractivity contribution < 1.29 is 23.1 Å². The number of hydrogen-bond acceptors (Lipinski definition) is 3. The first-order valence-electron chi connectivity index (χ1n) is 5.22. The van der Waals surface area contributed by atoms with Crippen molar-refractivity contribution >= 4 is 16.9 Å². The molecular weight excluding hydrogens is 258 g/mol. The summed E-state index contributed by atoms with van der Waals surface area (Å²) in [5, 5.41) is 14.7. The van der Waals surface area contributed by atoms with E-state index in [1.165, 1.54) is 12.3 Å². The van der Waals surface area contributed by atoms with Crippen LogP contribution in [0.3, 0.4) is 0 Å². The molecule has 0 saturated carbocycles. The number of carboxylic acids is 1. The van der Waals surface area contributed by atoms with Gasteiger partial charge in [0.2, 0.25) is 0 Å². The number of carbonyl (C=O) groups is 1. The lowest BCUT2D eigenvalue weighted by Crippen LogP contribution is -1.95. The highest BCUT2D eigenvalue weighted by Gasteiger charge is 2.20. The van der Waals surface area contributed by atoms with E-state index < -0.39 is 23.2 Å². The van der Waals surface area contributed by atoms with Crippen LogP contribution < -0.4 is 0 Å². The summed E-state index contributed by atoms with van der Waals surface area (Å²) in [4.78, 5) is 10.7. The second kappa shape index (κ2) is 3.91. The predicted octanol–water partition coefficient (Wildman–Crippen LogP) is 2.80. The third-order valence-corrected chi connectivity index (χ3v) is 2.71. The largest absolute Gasteiger partial charge is 0.477 e. The molecule has 0 aliphatic rings. The van der Waals surface area contributed by atoms with Gasteiger partial charge in [-0.2, -0.15) is 5.10 Å². The Labute approximate surface area is 104 Å². The number of carboxylic acid groups (broad SMARTS) is 1. The standard InChI is InChI=1S/C12H6F2N2O3/c13-6-3-9-5(1-2-19-9)11(14)10(6)7-4-8(12(17)18)16-15-7/h1-4H,(H,15,16)(H,17,18). The number of aromatic nitrogens is 2. The number of benzene rings is 1. The molecule has 19 heavy (non-hydrogen) atoms. The molecule has 0 fully saturated rings. The molecule has 0 aliphatic carbocycles.